The molecule has 0 radical (unpaired) electrons. The van der Waals surface area contributed by atoms with Gasteiger partial charge in [0.2, 0.25) is 0 Å². The second-order valence-corrected chi connectivity index (χ2v) is 11.3. The number of carbonyl (C=O) groups is 2. The number of esters is 1. The van der Waals surface area contributed by atoms with Gasteiger partial charge in [-0.15, -0.1) is 0 Å². The predicted molar refractivity (Wildman–Crippen MR) is 170 cm³/mol. The van der Waals surface area contributed by atoms with E-state index in [2.05, 4.69) is 25.7 Å². The number of hydrogen-bond acceptors (Lipinski definition) is 7. The Labute approximate surface area is 252 Å². The van der Waals surface area contributed by atoms with Crippen LogP contribution in [0.25, 0.3) is 11.0 Å². The molecular formula is C35H50N2O5. The van der Waals surface area contributed by atoms with E-state index >= 15 is 0 Å². The monoisotopic (exact) mass is 578 g/mol. The molecule has 0 bridgehead atoms. The third-order valence-corrected chi connectivity index (χ3v) is 7.41. The van der Waals surface area contributed by atoms with Crippen LogP contribution in [0.3, 0.4) is 0 Å². The largest absolute Gasteiger partial charge is 0.494 e. The highest BCUT2D eigenvalue weighted by molar-refractivity contribution is 6.17. The van der Waals surface area contributed by atoms with Crippen LogP contribution in [0, 0.1) is 0 Å². The number of hydrogen-bond donors (Lipinski definition) is 0. The maximum atomic E-state index is 13.8. The highest BCUT2D eigenvalue weighted by Gasteiger charge is 2.23. The van der Waals surface area contributed by atoms with Gasteiger partial charge < -0.3 is 23.7 Å². The van der Waals surface area contributed by atoms with Gasteiger partial charge in [-0.1, -0.05) is 40.0 Å². The van der Waals surface area contributed by atoms with E-state index in [1.807, 2.05) is 43.3 Å². The van der Waals surface area contributed by atoms with Gasteiger partial charge in [0.15, 0.2) is 5.78 Å². The first-order valence-corrected chi connectivity index (χ1v) is 15.7. The van der Waals surface area contributed by atoms with Crippen molar-refractivity contribution in [1.29, 1.82) is 0 Å². The van der Waals surface area contributed by atoms with Gasteiger partial charge in [0.25, 0.3) is 0 Å². The summed E-state index contributed by atoms with van der Waals surface area (Å²) < 4.78 is 17.6. The summed E-state index contributed by atoms with van der Waals surface area (Å²) in [5, 5.41) is 0.643. The minimum Gasteiger partial charge on any atom is -0.494 e. The minimum atomic E-state index is -0.409. The lowest BCUT2D eigenvalue weighted by Gasteiger charge is -2.21. The molecule has 0 saturated carbocycles. The van der Waals surface area contributed by atoms with E-state index in [0.29, 0.717) is 59.6 Å². The fourth-order valence-electron chi connectivity index (χ4n) is 4.87. The minimum absolute atomic E-state index is 0.119. The molecule has 0 saturated heterocycles. The van der Waals surface area contributed by atoms with E-state index in [9.17, 15) is 9.59 Å². The van der Waals surface area contributed by atoms with Crippen molar-refractivity contribution in [3.63, 3.8) is 0 Å². The summed E-state index contributed by atoms with van der Waals surface area (Å²) in [6, 6.07) is 12.5. The number of ketones is 1. The Bertz CT molecular complexity index is 1240. The van der Waals surface area contributed by atoms with Crippen molar-refractivity contribution in [2.24, 2.45) is 0 Å². The molecule has 1 aromatic heterocycles. The zero-order valence-corrected chi connectivity index (χ0v) is 26.4. The first kappa shape index (κ1) is 33.3. The van der Waals surface area contributed by atoms with Crippen molar-refractivity contribution in [2.75, 3.05) is 53.5 Å². The molecule has 3 rings (SSSR count). The highest BCUT2D eigenvalue weighted by atomic mass is 16.5. The van der Waals surface area contributed by atoms with Crippen molar-refractivity contribution < 1.29 is 23.5 Å². The topological polar surface area (TPSA) is 72.2 Å². The summed E-state index contributed by atoms with van der Waals surface area (Å²) in [5.41, 5.74) is 2.09. The van der Waals surface area contributed by atoms with E-state index < -0.39 is 5.97 Å². The van der Waals surface area contributed by atoms with Gasteiger partial charge in [-0.3, -0.25) is 4.79 Å². The van der Waals surface area contributed by atoms with E-state index in [4.69, 9.17) is 13.9 Å². The Morgan fingerprint density at radius 3 is 2.05 bits per heavy atom. The SMILES string of the molecule is CCCCc1oc2ccc(C(=O)OCCN(C)C)cc2c1C(=O)c1ccc(OCCCN(CCCC)CCCC)cc1. The number of benzene rings is 2. The summed E-state index contributed by atoms with van der Waals surface area (Å²) in [4.78, 5) is 31.0. The van der Waals surface area contributed by atoms with Crippen molar-refractivity contribution >= 4 is 22.7 Å². The lowest BCUT2D eigenvalue weighted by molar-refractivity contribution is 0.0482. The lowest BCUT2D eigenvalue weighted by atomic mass is 9.97. The van der Waals surface area contributed by atoms with Crippen molar-refractivity contribution in [3.05, 3.63) is 64.9 Å². The van der Waals surface area contributed by atoms with Gasteiger partial charge in [-0.2, -0.15) is 0 Å². The maximum Gasteiger partial charge on any atom is 0.338 e. The Kier molecular flexibility index (Phi) is 14.1. The van der Waals surface area contributed by atoms with Gasteiger partial charge >= 0.3 is 5.97 Å². The number of fused-ring (bicyclic) bond motifs is 1. The first-order chi connectivity index (χ1) is 20.4. The van der Waals surface area contributed by atoms with Crippen LogP contribution >= 0.6 is 0 Å². The van der Waals surface area contributed by atoms with E-state index in [1.54, 1.807) is 18.2 Å². The maximum absolute atomic E-state index is 13.8. The van der Waals surface area contributed by atoms with Gasteiger partial charge in [0, 0.05) is 30.5 Å². The van der Waals surface area contributed by atoms with Crippen molar-refractivity contribution in [3.8, 4) is 5.75 Å². The first-order valence-electron chi connectivity index (χ1n) is 15.7. The number of ether oxygens (including phenoxy) is 2. The molecule has 0 aliphatic heterocycles. The number of nitrogens with zero attached hydrogens (tertiary/aromatic N) is 2. The van der Waals surface area contributed by atoms with Crippen LogP contribution in [0.1, 0.15) is 97.8 Å². The van der Waals surface area contributed by atoms with E-state index in [-0.39, 0.29) is 5.78 Å². The average molecular weight is 579 g/mol. The third kappa shape index (κ3) is 9.99. The molecule has 0 unspecified atom stereocenters. The van der Waals surface area contributed by atoms with Crippen LogP contribution in [0.15, 0.2) is 46.9 Å². The number of carbonyl (C=O) groups excluding carboxylic acids is 2. The summed E-state index contributed by atoms with van der Waals surface area (Å²) in [6.07, 6.45) is 8.39. The molecule has 0 amide bonds. The zero-order chi connectivity index (χ0) is 30.3. The van der Waals surface area contributed by atoms with Crippen LogP contribution < -0.4 is 4.74 Å². The molecule has 0 spiro atoms. The number of aryl methyl sites for hydroxylation is 1. The smallest absolute Gasteiger partial charge is 0.338 e. The molecule has 42 heavy (non-hydrogen) atoms. The second-order valence-electron chi connectivity index (χ2n) is 11.3. The van der Waals surface area contributed by atoms with Crippen LogP contribution in [-0.4, -0.2) is 75.0 Å². The molecule has 3 aromatic rings. The number of furan rings is 1. The molecule has 0 aliphatic rings. The molecule has 0 N–H and O–H groups in total. The standard InChI is InChI=1S/C35H50N2O5/c1-6-9-13-32-33(30-26-28(16-19-31(30)42-32)35(39)41-25-23-36(4)5)34(38)27-14-17-29(18-15-27)40-24-12-22-37(20-10-7-2)21-11-8-3/h14-19,26H,6-13,20-25H2,1-5H3. The normalized spacial score (nSPS) is 11.5. The van der Waals surface area contributed by atoms with Crippen LogP contribution in [0.2, 0.25) is 0 Å². The molecule has 0 atom stereocenters. The summed E-state index contributed by atoms with van der Waals surface area (Å²) >= 11 is 0. The third-order valence-electron chi connectivity index (χ3n) is 7.41. The Morgan fingerprint density at radius 1 is 0.762 bits per heavy atom. The predicted octanol–water partition coefficient (Wildman–Crippen LogP) is 7.40. The van der Waals surface area contributed by atoms with Crippen LogP contribution in [0.5, 0.6) is 5.75 Å². The van der Waals surface area contributed by atoms with Crippen molar-refractivity contribution in [1.82, 2.24) is 9.80 Å². The Hall–Kier alpha value is -3.16. The van der Waals surface area contributed by atoms with Crippen LogP contribution in [0.4, 0.5) is 0 Å². The lowest BCUT2D eigenvalue weighted by Crippen LogP contribution is -2.28. The number of rotatable bonds is 20. The van der Waals surface area contributed by atoms with Gasteiger partial charge in [-0.05, 0) is 95.3 Å². The number of likely N-dealkylation sites (N-methyl/N-ethyl adjacent to an activating group) is 1. The molecule has 0 fully saturated rings. The van der Waals surface area contributed by atoms with E-state index in [0.717, 1.165) is 44.6 Å². The quantitative estimate of drug-likeness (QED) is 0.0786. The molecule has 7 nitrogen and oxygen atoms in total. The fraction of sp³-hybridized carbons (Fsp3) is 0.543. The van der Waals surface area contributed by atoms with Gasteiger partial charge in [-0.25, -0.2) is 4.79 Å². The van der Waals surface area contributed by atoms with Gasteiger partial charge in [0.05, 0.1) is 17.7 Å². The van der Waals surface area contributed by atoms with Crippen LogP contribution in [-0.2, 0) is 11.2 Å². The molecule has 230 valence electrons. The Morgan fingerprint density at radius 2 is 1.40 bits per heavy atom. The fourth-order valence-corrected chi connectivity index (χ4v) is 4.87. The average Bonchev–Trinajstić information content (AvgIpc) is 3.36. The summed E-state index contributed by atoms with van der Waals surface area (Å²) in [6.45, 7) is 11.5. The summed E-state index contributed by atoms with van der Waals surface area (Å²) in [5.74, 6) is 0.887. The summed E-state index contributed by atoms with van der Waals surface area (Å²) in [7, 11) is 3.86. The van der Waals surface area contributed by atoms with Gasteiger partial charge in [0.1, 0.15) is 23.7 Å². The zero-order valence-electron chi connectivity index (χ0n) is 26.4. The Balaban J connectivity index is 1.71. The molecule has 7 heteroatoms. The van der Waals surface area contributed by atoms with E-state index in [1.165, 1.54) is 25.7 Å². The molecular weight excluding hydrogens is 528 g/mol. The van der Waals surface area contributed by atoms with Crippen molar-refractivity contribution in [2.45, 2.75) is 72.1 Å². The number of unbranched alkanes of at least 4 members (excludes halogenated alkanes) is 3. The molecule has 2 aromatic carbocycles. The second kappa shape index (κ2) is 17.7. The molecule has 0 aliphatic carbocycles. The molecule has 1 heterocycles. The highest BCUT2D eigenvalue weighted by Crippen LogP contribution is 2.31.